The first-order valence-electron chi connectivity index (χ1n) is 16.5. The van der Waals surface area contributed by atoms with Crippen LogP contribution in [-0.2, 0) is 0 Å². The van der Waals surface area contributed by atoms with E-state index in [1.54, 1.807) is 20.4 Å². The van der Waals surface area contributed by atoms with Crippen LogP contribution in [0.2, 0.25) is 13.3 Å². The van der Waals surface area contributed by atoms with Crippen LogP contribution in [0, 0.1) is 0 Å². The van der Waals surface area contributed by atoms with E-state index in [0.29, 0.717) is 0 Å². The standard InChI is InChI=1S/3C8H17.C7H7O.C4H3S.2Sn.H/c3*1-3-5-7-8-6-4-2;1-8-7-5-3-2-4-6-7;1-2-4-5-3-1;;;/h3*1,3-8H2,2H3;3-6H,1H3;1-3H;;;. The van der Waals surface area contributed by atoms with Crippen molar-refractivity contribution >= 4 is 58.7 Å². The Morgan fingerprint density at radius 1 is 0.590 bits per heavy atom. The van der Waals surface area contributed by atoms with Gasteiger partial charge in [0.25, 0.3) is 0 Å². The zero-order valence-corrected chi connectivity index (χ0v) is 33.3. The van der Waals surface area contributed by atoms with Gasteiger partial charge in [-0.05, 0) is 0 Å². The number of hydrogen-bond acceptors (Lipinski definition) is 2. The molecule has 0 N–H and O–H groups in total. The number of methoxy groups -OCH3 is 1. The molecule has 2 rings (SSSR count). The molecule has 0 saturated heterocycles. The van der Waals surface area contributed by atoms with Gasteiger partial charge in [0.15, 0.2) is 0 Å². The Hall–Kier alpha value is 0.317. The summed E-state index contributed by atoms with van der Waals surface area (Å²) in [6.45, 7) is 7.00. The predicted molar refractivity (Wildman–Crippen MR) is 184 cm³/mol. The van der Waals surface area contributed by atoms with Crippen molar-refractivity contribution < 1.29 is 4.74 Å². The molecule has 0 bridgehead atoms. The van der Waals surface area contributed by atoms with Gasteiger partial charge in [0.05, 0.1) is 0 Å². The van der Waals surface area contributed by atoms with E-state index < -0.39 is 18.4 Å². The molecule has 1 aromatic heterocycles. The van der Waals surface area contributed by atoms with Crippen molar-refractivity contribution in [2.45, 2.75) is 150 Å². The van der Waals surface area contributed by atoms with Crippen molar-refractivity contribution in [2.75, 3.05) is 7.11 Å². The van der Waals surface area contributed by atoms with Crippen molar-refractivity contribution in [2.24, 2.45) is 0 Å². The Balaban J connectivity index is 0.000000708. The van der Waals surface area contributed by atoms with E-state index in [2.05, 4.69) is 61.8 Å². The molecule has 0 atom stereocenters. The van der Waals surface area contributed by atoms with E-state index in [1.807, 2.05) is 15.0 Å². The molecule has 0 aliphatic rings. The molecule has 0 saturated carbocycles. The number of thiophene rings is 1. The van der Waals surface area contributed by atoms with E-state index >= 15 is 0 Å². The number of rotatable bonds is 23. The van der Waals surface area contributed by atoms with E-state index in [9.17, 15) is 0 Å². The summed E-state index contributed by atoms with van der Waals surface area (Å²) in [6, 6.07) is 13.1. The van der Waals surface area contributed by atoms with Gasteiger partial charge in [-0.2, -0.15) is 0 Å². The average Bonchev–Trinajstić information content (AvgIpc) is 3.51. The van der Waals surface area contributed by atoms with Gasteiger partial charge in [0, 0.05) is 0 Å². The summed E-state index contributed by atoms with van der Waals surface area (Å²) in [5.74, 6) is 0.938. The second-order valence-electron chi connectivity index (χ2n) is 11.6. The summed E-state index contributed by atoms with van der Waals surface area (Å²) in [5, 5.41) is 2.38. The Morgan fingerprint density at radius 3 is 1.36 bits per heavy atom. The van der Waals surface area contributed by atoms with Crippen LogP contribution in [0.25, 0.3) is 0 Å². The molecule has 1 nitrogen and oxygen atoms in total. The molecule has 0 fully saturated rings. The quantitative estimate of drug-likeness (QED) is 0.0808. The van der Waals surface area contributed by atoms with Crippen LogP contribution in [-0.4, -0.2) is 48.0 Å². The third kappa shape index (κ3) is 18.5. The summed E-state index contributed by atoms with van der Waals surface area (Å²) in [6.07, 6.45) is 26.3. The molecule has 222 valence electrons. The molecule has 0 spiro atoms. The Kier molecular flexibility index (Phi) is 24.9. The van der Waals surface area contributed by atoms with Crippen molar-refractivity contribution in [1.82, 2.24) is 0 Å². The van der Waals surface area contributed by atoms with E-state index in [0.717, 1.165) is 5.75 Å². The molecule has 4 heteroatoms. The van der Waals surface area contributed by atoms with E-state index in [4.69, 9.17) is 4.74 Å². The fourth-order valence-electron chi connectivity index (χ4n) is 5.66. The summed E-state index contributed by atoms with van der Waals surface area (Å²) in [4.78, 5) is 0. The molecule has 1 heterocycles. The van der Waals surface area contributed by atoms with Gasteiger partial charge in [-0.25, -0.2) is 0 Å². The van der Waals surface area contributed by atoms with E-state index in [1.165, 1.54) is 142 Å². The van der Waals surface area contributed by atoms with Crippen molar-refractivity contribution in [3.63, 3.8) is 0 Å². The van der Waals surface area contributed by atoms with Crippen molar-refractivity contribution in [3.8, 4) is 5.75 Å². The van der Waals surface area contributed by atoms with Crippen molar-refractivity contribution in [1.29, 1.82) is 0 Å². The van der Waals surface area contributed by atoms with Gasteiger partial charge < -0.3 is 0 Å². The Bertz CT molecular complexity index is 719. The predicted octanol–water partition coefficient (Wildman–Crippen LogP) is 10.7. The molecule has 0 unspecified atom stereocenters. The minimum atomic E-state index is -2.22. The fraction of sp³-hybridized carbons (Fsp3) is 0.714. The maximum atomic E-state index is 4.98. The second-order valence-corrected chi connectivity index (χ2v) is 28.6. The molecule has 2 aromatic rings. The van der Waals surface area contributed by atoms with Crippen LogP contribution in [0.15, 0.2) is 41.8 Å². The molecule has 0 aliphatic carbocycles. The first-order chi connectivity index (χ1) is 19.1. The minimum absolute atomic E-state index is 0.938. The molecule has 39 heavy (non-hydrogen) atoms. The summed E-state index contributed by atoms with van der Waals surface area (Å²) < 4.78 is 13.2. The number of benzene rings is 1. The normalized spacial score (nSPS) is 11.3. The molecular weight excluding hydrogens is 706 g/mol. The first-order valence-corrected chi connectivity index (χ1v) is 26.6. The monoisotopic (exact) mass is 770 g/mol. The van der Waals surface area contributed by atoms with Crippen molar-refractivity contribution in [3.05, 3.63) is 41.8 Å². The van der Waals surface area contributed by atoms with Gasteiger partial charge in [-0.1, -0.05) is 0 Å². The number of ether oxygens (including phenoxy) is 1. The third-order valence-corrected chi connectivity index (χ3v) is 28.6. The van der Waals surface area contributed by atoms with Crippen LogP contribution in [0.1, 0.15) is 136 Å². The Labute approximate surface area is 265 Å². The maximum absolute atomic E-state index is 4.98. The van der Waals surface area contributed by atoms with Gasteiger partial charge >= 0.3 is 268 Å². The van der Waals surface area contributed by atoms with Crippen LogP contribution >= 0.6 is 11.3 Å². The first kappa shape index (κ1) is 37.3. The average molecular weight is 768 g/mol. The zero-order chi connectivity index (χ0) is 28.4. The molecule has 1 aromatic carbocycles. The number of unbranched alkanes of at least 4 members (excludes halogenated alkanes) is 15. The van der Waals surface area contributed by atoms with E-state index in [-0.39, 0.29) is 0 Å². The summed E-state index contributed by atoms with van der Waals surface area (Å²) in [7, 11) is 1.68. The molecule has 2 radical (unpaired) electrons. The molecule has 0 aliphatic heterocycles. The topological polar surface area (TPSA) is 9.23 Å². The zero-order valence-electron chi connectivity index (χ0n) is 26.3. The van der Waals surface area contributed by atoms with Crippen LogP contribution in [0.5, 0.6) is 5.75 Å². The van der Waals surface area contributed by atoms with Gasteiger partial charge in [-0.15, -0.1) is 0 Å². The summed E-state index contributed by atoms with van der Waals surface area (Å²) in [5.41, 5.74) is 0. The van der Waals surface area contributed by atoms with Crippen LogP contribution in [0.3, 0.4) is 0 Å². The van der Waals surface area contributed by atoms with Crippen LogP contribution in [0.4, 0.5) is 0 Å². The third-order valence-electron chi connectivity index (χ3n) is 8.19. The summed E-state index contributed by atoms with van der Waals surface area (Å²) >= 11 is 1.10. The number of hydrogen-bond donors (Lipinski definition) is 0. The fourth-order valence-corrected chi connectivity index (χ4v) is 25.2. The molecular formula is C35H62OSSn2. The van der Waals surface area contributed by atoms with Gasteiger partial charge in [0.2, 0.25) is 0 Å². The second kappa shape index (κ2) is 26.0. The van der Waals surface area contributed by atoms with Gasteiger partial charge in [-0.3, -0.25) is 0 Å². The van der Waals surface area contributed by atoms with Gasteiger partial charge in [0.1, 0.15) is 0 Å². The Morgan fingerprint density at radius 2 is 1.00 bits per heavy atom. The molecule has 0 amide bonds. The van der Waals surface area contributed by atoms with Crippen LogP contribution < -0.4 is 11.2 Å². The SMILES string of the molecule is CCCCCCC[CH2][Sn]([CH2]CCCCCCC)([CH2]CCCCCCC)[c]1cccs1.COc1cc[c]([SnH])cc1.